The Balaban J connectivity index is 1.55. The van der Waals surface area contributed by atoms with Crippen LogP contribution in [0.15, 0.2) is 27.3 Å². The Kier molecular flexibility index (Phi) is 2.25. The van der Waals surface area contributed by atoms with Crippen molar-refractivity contribution in [2.75, 3.05) is 13.1 Å². The number of nitrogens with one attached hydrogen (secondary N) is 1. The van der Waals surface area contributed by atoms with Crippen molar-refractivity contribution in [2.24, 2.45) is 0 Å². The molecule has 1 N–H and O–H groups in total. The number of hydrogen-bond acceptors (Lipinski definition) is 4. The molecule has 2 aromatic heterocycles. The first-order valence-electron chi connectivity index (χ1n) is 5.41. The average Bonchev–Trinajstić information content (AvgIpc) is 2.82. The third kappa shape index (κ3) is 1.74. The maximum absolute atomic E-state index is 5.30. The number of furan rings is 1. The van der Waals surface area contributed by atoms with Gasteiger partial charge >= 0.3 is 11.7 Å². The molecule has 0 unspecified atom stereocenters. The van der Waals surface area contributed by atoms with Gasteiger partial charge in [-0.25, -0.2) is 9.51 Å². The van der Waals surface area contributed by atoms with Crippen molar-refractivity contribution in [3.05, 3.63) is 35.9 Å². The quantitative estimate of drug-likeness (QED) is 0.774. The van der Waals surface area contributed by atoms with Gasteiger partial charge in [-0.05, 0) is 12.1 Å². The molecule has 1 fully saturated rings. The standard InChI is InChI=1S/C11H13N3O2/c1-8-12-11(16-13-8)9-5-14(6-9)7-10-3-2-4-15-10/h2-4,9H,5-7H2,1H3/p+1. The van der Waals surface area contributed by atoms with E-state index in [1.165, 1.54) is 0 Å². The van der Waals surface area contributed by atoms with E-state index in [0.29, 0.717) is 5.92 Å². The summed E-state index contributed by atoms with van der Waals surface area (Å²) in [4.78, 5) is 5.44. The van der Waals surface area contributed by atoms with Gasteiger partial charge in [-0.3, -0.25) is 4.90 Å². The lowest BCUT2D eigenvalue weighted by Crippen LogP contribution is -2.45. The topological polar surface area (TPSA) is 56.6 Å². The molecule has 16 heavy (non-hydrogen) atoms. The first kappa shape index (κ1) is 9.59. The summed E-state index contributed by atoms with van der Waals surface area (Å²) in [5, 5.41) is 3.85. The van der Waals surface area contributed by atoms with Crippen LogP contribution in [0.5, 0.6) is 0 Å². The van der Waals surface area contributed by atoms with E-state index >= 15 is 0 Å². The largest absolute Gasteiger partial charge is 0.468 e. The van der Waals surface area contributed by atoms with Gasteiger partial charge in [-0.15, -0.1) is 0 Å². The number of H-pyrrole nitrogens is 1. The SMILES string of the molecule is Cc1noc(C2CN(Cc3ccco3)C2)[nH+]1. The molecule has 0 bridgehead atoms. The van der Waals surface area contributed by atoms with E-state index in [0.717, 1.165) is 37.1 Å². The smallest absolute Gasteiger partial charge is 0.343 e. The second kappa shape index (κ2) is 3.75. The lowest BCUT2D eigenvalue weighted by Gasteiger charge is -2.35. The zero-order valence-corrected chi connectivity index (χ0v) is 9.14. The van der Waals surface area contributed by atoms with Gasteiger partial charge in [-0.1, -0.05) is 0 Å². The van der Waals surface area contributed by atoms with Crippen LogP contribution in [0.2, 0.25) is 0 Å². The van der Waals surface area contributed by atoms with Gasteiger partial charge in [0.2, 0.25) is 0 Å². The van der Waals surface area contributed by atoms with Gasteiger partial charge in [0.05, 0.1) is 18.7 Å². The van der Waals surface area contributed by atoms with E-state index in [9.17, 15) is 0 Å². The van der Waals surface area contributed by atoms with Crippen LogP contribution in [0, 0.1) is 6.92 Å². The number of rotatable bonds is 3. The Hall–Kier alpha value is -1.62. The highest BCUT2D eigenvalue weighted by molar-refractivity contribution is 5.02. The lowest BCUT2D eigenvalue weighted by molar-refractivity contribution is -0.412. The summed E-state index contributed by atoms with van der Waals surface area (Å²) in [7, 11) is 0. The van der Waals surface area contributed by atoms with E-state index in [4.69, 9.17) is 8.94 Å². The van der Waals surface area contributed by atoms with Crippen LogP contribution in [0.1, 0.15) is 23.4 Å². The molecule has 0 aromatic carbocycles. The fourth-order valence-corrected chi connectivity index (χ4v) is 2.01. The highest BCUT2D eigenvalue weighted by atomic mass is 16.5. The Morgan fingerprint density at radius 3 is 3.06 bits per heavy atom. The predicted molar refractivity (Wildman–Crippen MR) is 54.5 cm³/mol. The first-order valence-corrected chi connectivity index (χ1v) is 5.41. The molecule has 0 aliphatic carbocycles. The molecule has 5 heteroatoms. The van der Waals surface area contributed by atoms with Crippen LogP contribution >= 0.6 is 0 Å². The minimum atomic E-state index is 0.441. The molecular formula is C11H14N3O2+. The van der Waals surface area contributed by atoms with Crippen molar-refractivity contribution in [1.29, 1.82) is 0 Å². The number of hydrogen-bond donors (Lipinski definition) is 0. The van der Waals surface area contributed by atoms with Gasteiger partial charge < -0.3 is 4.42 Å². The van der Waals surface area contributed by atoms with Crippen molar-refractivity contribution in [2.45, 2.75) is 19.4 Å². The predicted octanol–water partition coefficient (Wildman–Crippen LogP) is 0.990. The second-order valence-corrected chi connectivity index (χ2v) is 4.23. The van der Waals surface area contributed by atoms with Gasteiger partial charge in [0.25, 0.3) is 0 Å². The van der Waals surface area contributed by atoms with E-state index in [2.05, 4.69) is 15.0 Å². The second-order valence-electron chi connectivity index (χ2n) is 4.23. The number of aryl methyl sites for hydroxylation is 1. The summed E-state index contributed by atoms with van der Waals surface area (Å²) in [5.41, 5.74) is 0. The van der Waals surface area contributed by atoms with Crippen molar-refractivity contribution >= 4 is 0 Å². The molecule has 1 aliphatic rings. The Morgan fingerprint density at radius 1 is 1.56 bits per heavy atom. The van der Waals surface area contributed by atoms with Crippen molar-refractivity contribution in [3.8, 4) is 0 Å². The van der Waals surface area contributed by atoms with Crippen LogP contribution < -0.4 is 4.98 Å². The van der Waals surface area contributed by atoms with Crippen molar-refractivity contribution in [1.82, 2.24) is 10.1 Å². The highest BCUT2D eigenvalue weighted by Gasteiger charge is 2.35. The molecule has 0 radical (unpaired) electrons. The normalized spacial score (nSPS) is 17.6. The molecule has 1 saturated heterocycles. The minimum absolute atomic E-state index is 0.441. The van der Waals surface area contributed by atoms with Gasteiger partial charge in [-0.2, -0.15) is 0 Å². The van der Waals surface area contributed by atoms with Crippen LogP contribution in [0.25, 0.3) is 0 Å². The third-order valence-corrected chi connectivity index (χ3v) is 2.87. The molecule has 1 aliphatic heterocycles. The van der Waals surface area contributed by atoms with Crippen molar-refractivity contribution < 1.29 is 13.9 Å². The fourth-order valence-electron chi connectivity index (χ4n) is 2.01. The summed E-state index contributed by atoms with van der Waals surface area (Å²) in [6.45, 7) is 4.75. The molecule has 3 heterocycles. The number of aromatic nitrogens is 2. The zero-order valence-electron chi connectivity index (χ0n) is 9.14. The molecule has 3 rings (SSSR count). The summed E-state index contributed by atoms with van der Waals surface area (Å²) >= 11 is 0. The molecule has 5 nitrogen and oxygen atoms in total. The van der Waals surface area contributed by atoms with E-state index in [1.807, 2.05) is 19.1 Å². The van der Waals surface area contributed by atoms with Gasteiger partial charge in [0, 0.05) is 20.0 Å². The monoisotopic (exact) mass is 220 g/mol. The molecule has 0 saturated carbocycles. The van der Waals surface area contributed by atoms with Crippen molar-refractivity contribution in [3.63, 3.8) is 0 Å². The van der Waals surface area contributed by atoms with Crippen LogP contribution in [-0.2, 0) is 6.54 Å². The maximum Gasteiger partial charge on any atom is 0.343 e. The lowest BCUT2D eigenvalue weighted by atomic mass is 10.0. The van der Waals surface area contributed by atoms with E-state index < -0.39 is 0 Å². The minimum Gasteiger partial charge on any atom is -0.468 e. The molecule has 0 spiro atoms. The number of nitrogens with zero attached hydrogens (tertiary/aromatic N) is 2. The Labute approximate surface area is 93.0 Å². The number of aromatic amines is 1. The third-order valence-electron chi connectivity index (χ3n) is 2.87. The summed E-state index contributed by atoms with van der Waals surface area (Å²) < 4.78 is 10.5. The fraction of sp³-hybridized carbons (Fsp3) is 0.455. The van der Waals surface area contributed by atoms with Crippen LogP contribution in [0.3, 0.4) is 0 Å². The molecular weight excluding hydrogens is 206 g/mol. The molecule has 0 atom stereocenters. The molecule has 84 valence electrons. The Bertz CT molecular complexity index is 457. The maximum atomic E-state index is 5.30. The zero-order chi connectivity index (χ0) is 11.0. The number of likely N-dealkylation sites (tertiary alicyclic amines) is 1. The summed E-state index contributed by atoms with van der Waals surface area (Å²) in [5.74, 6) is 3.17. The van der Waals surface area contributed by atoms with Gasteiger partial charge in [0.15, 0.2) is 5.16 Å². The average molecular weight is 220 g/mol. The molecule has 2 aromatic rings. The highest BCUT2D eigenvalue weighted by Crippen LogP contribution is 2.25. The van der Waals surface area contributed by atoms with Crippen LogP contribution in [-0.4, -0.2) is 23.1 Å². The molecule has 0 amide bonds. The summed E-state index contributed by atoms with van der Waals surface area (Å²) in [6.07, 6.45) is 1.71. The summed E-state index contributed by atoms with van der Waals surface area (Å²) in [6, 6.07) is 3.91. The van der Waals surface area contributed by atoms with Crippen LogP contribution in [0.4, 0.5) is 0 Å². The van der Waals surface area contributed by atoms with Gasteiger partial charge in [0.1, 0.15) is 5.76 Å². The van der Waals surface area contributed by atoms with E-state index in [1.54, 1.807) is 6.26 Å². The Morgan fingerprint density at radius 2 is 2.44 bits per heavy atom. The first-order chi connectivity index (χ1) is 7.81. The van der Waals surface area contributed by atoms with E-state index in [-0.39, 0.29) is 0 Å².